The van der Waals surface area contributed by atoms with Gasteiger partial charge in [-0.2, -0.15) is 0 Å². The van der Waals surface area contributed by atoms with E-state index in [0.29, 0.717) is 10.4 Å². The van der Waals surface area contributed by atoms with Gasteiger partial charge < -0.3 is 20.5 Å². The van der Waals surface area contributed by atoms with Crippen LogP contribution in [-0.2, 0) is 16.1 Å². The maximum absolute atomic E-state index is 12.2. The first-order chi connectivity index (χ1) is 10.6. The number of carbonyl (C=O) groups is 2. The van der Waals surface area contributed by atoms with E-state index in [-0.39, 0.29) is 19.1 Å². The second-order valence-electron chi connectivity index (χ2n) is 4.53. The molecule has 1 atom stereocenters. The van der Waals surface area contributed by atoms with Crippen molar-refractivity contribution in [2.75, 3.05) is 20.7 Å². The minimum atomic E-state index is -0.602. The number of amides is 1. The number of carbonyl (C=O) groups excluding carboxylic acids is 2. The summed E-state index contributed by atoms with van der Waals surface area (Å²) >= 11 is 1.26. The van der Waals surface area contributed by atoms with Crippen molar-refractivity contribution in [3.63, 3.8) is 0 Å². The van der Waals surface area contributed by atoms with Crippen LogP contribution in [0.4, 0.5) is 0 Å². The lowest BCUT2D eigenvalue weighted by Crippen LogP contribution is -2.44. The predicted octanol–water partition coefficient (Wildman–Crippen LogP) is 0.279. The number of esters is 1. The maximum Gasteiger partial charge on any atom is 0.324 e. The molecule has 0 aromatic carbocycles. The minimum absolute atomic E-state index is 0.106. The van der Waals surface area contributed by atoms with E-state index in [9.17, 15) is 14.7 Å². The Morgan fingerprint density at radius 3 is 2.91 bits per heavy atom. The maximum atomic E-state index is 12.2. The van der Waals surface area contributed by atoms with Crippen molar-refractivity contribution in [3.05, 3.63) is 28.8 Å². The van der Waals surface area contributed by atoms with Crippen LogP contribution in [0.3, 0.4) is 0 Å². The summed E-state index contributed by atoms with van der Waals surface area (Å²) in [5.74, 6) is -0.737. The number of pyridine rings is 1. The van der Waals surface area contributed by atoms with Crippen molar-refractivity contribution in [1.82, 2.24) is 15.6 Å². The second-order valence-corrected chi connectivity index (χ2v) is 5.58. The third kappa shape index (κ3) is 3.41. The van der Waals surface area contributed by atoms with Gasteiger partial charge in [-0.05, 0) is 24.7 Å². The highest BCUT2D eigenvalue weighted by Crippen LogP contribution is 2.27. The van der Waals surface area contributed by atoms with Gasteiger partial charge in [0.1, 0.15) is 6.04 Å². The van der Waals surface area contributed by atoms with Gasteiger partial charge >= 0.3 is 5.97 Å². The van der Waals surface area contributed by atoms with Gasteiger partial charge in [-0.1, -0.05) is 0 Å². The first-order valence-electron chi connectivity index (χ1n) is 6.62. The SMILES string of the molecule is CN[C@H](CNC(=O)c1cc2nccc(CO)c2s1)C(=O)OC. The Hall–Kier alpha value is -2.03. The summed E-state index contributed by atoms with van der Waals surface area (Å²) < 4.78 is 5.42. The molecule has 0 saturated heterocycles. The topological polar surface area (TPSA) is 101 Å². The number of rotatable bonds is 6. The van der Waals surface area contributed by atoms with Crippen molar-refractivity contribution in [2.45, 2.75) is 12.6 Å². The molecule has 1 amide bonds. The average molecular weight is 323 g/mol. The van der Waals surface area contributed by atoms with E-state index in [1.165, 1.54) is 18.4 Å². The summed E-state index contributed by atoms with van der Waals surface area (Å²) in [7, 11) is 2.91. The number of hydrogen-bond donors (Lipinski definition) is 3. The Morgan fingerprint density at radius 2 is 2.27 bits per heavy atom. The monoisotopic (exact) mass is 323 g/mol. The molecule has 2 rings (SSSR count). The molecule has 0 aliphatic carbocycles. The van der Waals surface area contributed by atoms with Crippen LogP contribution in [0.2, 0.25) is 0 Å². The molecular formula is C14H17N3O4S. The van der Waals surface area contributed by atoms with E-state index < -0.39 is 12.0 Å². The number of hydrogen-bond acceptors (Lipinski definition) is 7. The van der Waals surface area contributed by atoms with Crippen LogP contribution in [0.25, 0.3) is 10.2 Å². The minimum Gasteiger partial charge on any atom is -0.468 e. The fraction of sp³-hybridized carbons (Fsp3) is 0.357. The van der Waals surface area contributed by atoms with Crippen LogP contribution >= 0.6 is 11.3 Å². The lowest BCUT2D eigenvalue weighted by molar-refractivity contribution is -0.142. The molecule has 2 aromatic heterocycles. The molecule has 7 nitrogen and oxygen atoms in total. The number of nitrogens with one attached hydrogen (secondary N) is 2. The van der Waals surface area contributed by atoms with E-state index in [4.69, 9.17) is 0 Å². The number of aliphatic hydroxyl groups is 1. The molecule has 0 fully saturated rings. The molecule has 0 saturated carbocycles. The molecule has 118 valence electrons. The molecule has 8 heteroatoms. The molecule has 0 spiro atoms. The van der Waals surface area contributed by atoms with E-state index in [1.807, 2.05) is 0 Å². The van der Waals surface area contributed by atoms with Crippen LogP contribution < -0.4 is 10.6 Å². The van der Waals surface area contributed by atoms with Crippen molar-refractivity contribution < 1.29 is 19.4 Å². The number of likely N-dealkylation sites (N-methyl/N-ethyl adjacent to an activating group) is 1. The quantitative estimate of drug-likeness (QED) is 0.660. The lowest BCUT2D eigenvalue weighted by Gasteiger charge is -2.13. The first kappa shape index (κ1) is 16.3. The standard InChI is InChI=1S/C14H17N3O4S/c1-15-10(14(20)21-2)6-17-13(19)11-5-9-12(22-11)8(7-18)3-4-16-9/h3-5,10,15,18H,6-7H2,1-2H3,(H,17,19)/t10-/m1/s1. The molecule has 0 aliphatic rings. The average Bonchev–Trinajstić information content (AvgIpc) is 2.98. The van der Waals surface area contributed by atoms with Gasteiger partial charge in [0, 0.05) is 12.7 Å². The Balaban J connectivity index is 2.11. The lowest BCUT2D eigenvalue weighted by atomic mass is 10.2. The molecule has 3 N–H and O–H groups in total. The molecule has 2 aromatic rings. The number of thiophene rings is 1. The summed E-state index contributed by atoms with van der Waals surface area (Å²) in [5, 5.41) is 14.8. The molecule has 0 unspecified atom stereocenters. The van der Waals surface area contributed by atoms with Crippen molar-refractivity contribution in [1.29, 1.82) is 0 Å². The van der Waals surface area contributed by atoms with Gasteiger partial charge in [-0.3, -0.25) is 14.6 Å². The largest absolute Gasteiger partial charge is 0.468 e. The second kappa shape index (κ2) is 7.30. The van der Waals surface area contributed by atoms with Crippen LogP contribution in [0.5, 0.6) is 0 Å². The number of aliphatic hydroxyl groups excluding tert-OH is 1. The number of aromatic nitrogens is 1. The van der Waals surface area contributed by atoms with E-state index in [0.717, 1.165) is 10.3 Å². The van der Waals surface area contributed by atoms with E-state index in [2.05, 4.69) is 20.4 Å². The van der Waals surface area contributed by atoms with Crippen molar-refractivity contribution in [3.8, 4) is 0 Å². The highest BCUT2D eigenvalue weighted by Gasteiger charge is 2.19. The van der Waals surface area contributed by atoms with Gasteiger partial charge in [0.05, 0.1) is 28.8 Å². The van der Waals surface area contributed by atoms with Crippen LogP contribution in [-0.4, -0.2) is 48.7 Å². The number of ether oxygens (including phenoxy) is 1. The third-order valence-electron chi connectivity index (χ3n) is 3.19. The zero-order chi connectivity index (χ0) is 16.1. The molecule has 2 heterocycles. The Labute approximate surface area is 131 Å². The van der Waals surface area contributed by atoms with Gasteiger partial charge in [0.15, 0.2) is 0 Å². The van der Waals surface area contributed by atoms with Crippen LogP contribution in [0.15, 0.2) is 18.3 Å². The van der Waals surface area contributed by atoms with Crippen LogP contribution in [0.1, 0.15) is 15.2 Å². The molecule has 0 radical (unpaired) electrons. The van der Waals surface area contributed by atoms with Crippen molar-refractivity contribution >= 4 is 33.4 Å². The molecular weight excluding hydrogens is 306 g/mol. The van der Waals surface area contributed by atoms with E-state index >= 15 is 0 Å². The summed E-state index contributed by atoms with van der Waals surface area (Å²) in [5.41, 5.74) is 1.40. The zero-order valence-corrected chi connectivity index (χ0v) is 13.1. The van der Waals surface area contributed by atoms with Crippen molar-refractivity contribution in [2.24, 2.45) is 0 Å². The normalized spacial score (nSPS) is 12.1. The van der Waals surface area contributed by atoms with E-state index in [1.54, 1.807) is 25.4 Å². The number of methoxy groups -OCH3 is 1. The highest BCUT2D eigenvalue weighted by molar-refractivity contribution is 7.21. The fourth-order valence-electron chi connectivity index (χ4n) is 1.95. The summed E-state index contributed by atoms with van der Waals surface area (Å²) in [6, 6.07) is 2.78. The Bertz CT molecular complexity index is 686. The fourth-order valence-corrected chi connectivity index (χ4v) is 2.99. The summed E-state index contributed by atoms with van der Waals surface area (Å²) in [6.45, 7) is 0.0152. The Morgan fingerprint density at radius 1 is 1.50 bits per heavy atom. The molecule has 0 aliphatic heterocycles. The van der Waals surface area contributed by atoms with Gasteiger partial charge in [-0.15, -0.1) is 11.3 Å². The summed E-state index contributed by atoms with van der Waals surface area (Å²) in [6.07, 6.45) is 1.59. The summed E-state index contributed by atoms with van der Waals surface area (Å²) in [4.78, 5) is 28.3. The highest BCUT2D eigenvalue weighted by atomic mass is 32.1. The molecule has 22 heavy (non-hydrogen) atoms. The van der Waals surface area contributed by atoms with Gasteiger partial charge in [-0.25, -0.2) is 0 Å². The zero-order valence-electron chi connectivity index (χ0n) is 12.3. The molecule has 0 bridgehead atoms. The Kier molecular flexibility index (Phi) is 5.42. The smallest absolute Gasteiger partial charge is 0.324 e. The van der Waals surface area contributed by atoms with Crippen LogP contribution in [0, 0.1) is 0 Å². The predicted molar refractivity (Wildman–Crippen MR) is 82.7 cm³/mol. The van der Waals surface area contributed by atoms with Gasteiger partial charge in [0.2, 0.25) is 0 Å². The number of fused-ring (bicyclic) bond motifs is 1. The first-order valence-corrected chi connectivity index (χ1v) is 7.44. The van der Waals surface area contributed by atoms with Gasteiger partial charge in [0.25, 0.3) is 5.91 Å². The number of nitrogens with zero attached hydrogens (tertiary/aromatic N) is 1. The third-order valence-corrected chi connectivity index (χ3v) is 4.39.